The molecule has 13 heavy (non-hydrogen) atoms. The summed E-state index contributed by atoms with van der Waals surface area (Å²) in [5, 5.41) is 9.83. The van der Waals surface area contributed by atoms with Crippen LogP contribution in [0.3, 0.4) is 0 Å². The van der Waals surface area contributed by atoms with Crippen LogP contribution in [0.5, 0.6) is 0 Å². The Hall–Kier alpha value is -0.410. The highest BCUT2D eigenvalue weighted by Gasteiger charge is 2.52. The van der Waals surface area contributed by atoms with Crippen molar-refractivity contribution in [3.8, 4) is 0 Å². The molecule has 3 nitrogen and oxygen atoms in total. The number of ether oxygens (including phenoxy) is 1. The number of carbonyl (C=O) groups excluding carboxylic acids is 1. The molecule has 2 bridgehead atoms. The molecule has 3 heteroatoms. The first kappa shape index (κ1) is 9.16. The van der Waals surface area contributed by atoms with Gasteiger partial charge in [0.25, 0.3) is 0 Å². The molecule has 2 aliphatic rings. The zero-order valence-electron chi connectivity index (χ0n) is 7.85. The lowest BCUT2D eigenvalue weighted by Gasteiger charge is -2.29. The van der Waals surface area contributed by atoms with Gasteiger partial charge < -0.3 is 14.6 Å². The summed E-state index contributed by atoms with van der Waals surface area (Å²) in [6.07, 6.45) is 2.46. The summed E-state index contributed by atoms with van der Waals surface area (Å²) >= 11 is 0. The van der Waals surface area contributed by atoms with Crippen molar-refractivity contribution in [2.45, 2.75) is 32.0 Å². The zero-order valence-corrected chi connectivity index (χ0v) is 7.85. The van der Waals surface area contributed by atoms with Gasteiger partial charge >= 0.3 is 0 Å². The average molecular weight is 184 g/mol. The van der Waals surface area contributed by atoms with Crippen molar-refractivity contribution in [3.63, 3.8) is 0 Å². The van der Waals surface area contributed by atoms with E-state index >= 15 is 0 Å². The van der Waals surface area contributed by atoms with Crippen LogP contribution in [0.1, 0.15) is 19.8 Å². The molecule has 2 aliphatic carbocycles. The molecule has 0 aliphatic heterocycles. The highest BCUT2D eigenvalue weighted by Crippen LogP contribution is 2.48. The van der Waals surface area contributed by atoms with Gasteiger partial charge in [-0.15, -0.1) is 0 Å². The average Bonchev–Trinajstić information content (AvgIpc) is 2.66. The second-order valence-electron chi connectivity index (χ2n) is 4.11. The molecule has 0 amide bonds. The van der Waals surface area contributed by atoms with Crippen LogP contribution in [0.15, 0.2) is 0 Å². The first-order valence-corrected chi connectivity index (χ1v) is 5.03. The minimum absolute atomic E-state index is 0.00815. The minimum Gasteiger partial charge on any atom is -0.390 e. The molecular weight excluding hydrogens is 168 g/mol. The normalized spacial score (nSPS) is 48.3. The van der Waals surface area contributed by atoms with E-state index in [1.807, 2.05) is 6.92 Å². The van der Waals surface area contributed by atoms with Crippen molar-refractivity contribution < 1.29 is 14.6 Å². The van der Waals surface area contributed by atoms with E-state index in [4.69, 9.17) is 4.74 Å². The summed E-state index contributed by atoms with van der Waals surface area (Å²) in [5.74, 6) is 0.658. The van der Waals surface area contributed by atoms with Gasteiger partial charge in [-0.2, -0.15) is 0 Å². The third kappa shape index (κ3) is 1.30. The Morgan fingerprint density at radius 2 is 2.31 bits per heavy atom. The number of carbonyl (C=O) groups is 1. The number of hydrogen-bond acceptors (Lipinski definition) is 3. The molecule has 0 radical (unpaired) electrons. The van der Waals surface area contributed by atoms with Gasteiger partial charge in [-0.05, 0) is 31.6 Å². The Morgan fingerprint density at radius 3 is 2.85 bits per heavy atom. The van der Waals surface area contributed by atoms with E-state index in [2.05, 4.69) is 0 Å². The van der Waals surface area contributed by atoms with Crippen LogP contribution in [0.25, 0.3) is 0 Å². The lowest BCUT2D eigenvalue weighted by molar-refractivity contribution is -0.118. The summed E-state index contributed by atoms with van der Waals surface area (Å²) in [4.78, 5) is 10.7. The fourth-order valence-corrected chi connectivity index (χ4v) is 2.91. The van der Waals surface area contributed by atoms with Crippen LogP contribution >= 0.6 is 0 Å². The Labute approximate surface area is 78.1 Å². The maximum Gasteiger partial charge on any atom is 0.123 e. The van der Waals surface area contributed by atoms with Gasteiger partial charge in [0, 0.05) is 12.5 Å². The SMILES string of the molecule is CCOC1C2CC(C=O)C(C2)C1O. The summed E-state index contributed by atoms with van der Waals surface area (Å²) in [6.45, 7) is 2.59. The molecule has 0 aromatic heterocycles. The van der Waals surface area contributed by atoms with Crippen LogP contribution in [-0.2, 0) is 9.53 Å². The van der Waals surface area contributed by atoms with E-state index in [1.54, 1.807) is 0 Å². The number of aldehydes is 1. The van der Waals surface area contributed by atoms with E-state index in [0.717, 1.165) is 19.1 Å². The molecule has 0 heterocycles. The molecule has 1 N–H and O–H groups in total. The van der Waals surface area contributed by atoms with E-state index in [9.17, 15) is 9.90 Å². The van der Waals surface area contributed by atoms with Crippen molar-refractivity contribution in [1.29, 1.82) is 0 Å². The molecular formula is C10H16O3. The second-order valence-corrected chi connectivity index (χ2v) is 4.11. The lowest BCUT2D eigenvalue weighted by atomic mass is 9.86. The molecule has 0 aromatic carbocycles. The number of hydrogen-bond donors (Lipinski definition) is 1. The van der Waals surface area contributed by atoms with Gasteiger partial charge in [0.1, 0.15) is 6.29 Å². The Morgan fingerprint density at radius 1 is 1.54 bits per heavy atom. The molecule has 74 valence electrons. The van der Waals surface area contributed by atoms with E-state index in [0.29, 0.717) is 12.5 Å². The van der Waals surface area contributed by atoms with Crippen molar-refractivity contribution in [3.05, 3.63) is 0 Å². The smallest absolute Gasteiger partial charge is 0.123 e. The van der Waals surface area contributed by atoms with Gasteiger partial charge in [-0.1, -0.05) is 0 Å². The fourth-order valence-electron chi connectivity index (χ4n) is 2.91. The van der Waals surface area contributed by atoms with Crippen LogP contribution in [0.4, 0.5) is 0 Å². The maximum atomic E-state index is 10.7. The molecule has 0 saturated heterocycles. The molecule has 2 rings (SSSR count). The quantitative estimate of drug-likeness (QED) is 0.654. The van der Waals surface area contributed by atoms with E-state index in [1.165, 1.54) is 0 Å². The van der Waals surface area contributed by atoms with Crippen LogP contribution in [0.2, 0.25) is 0 Å². The molecule has 5 atom stereocenters. The Bertz CT molecular complexity index is 202. The van der Waals surface area contributed by atoms with Crippen molar-refractivity contribution >= 4 is 6.29 Å². The van der Waals surface area contributed by atoms with E-state index < -0.39 is 6.10 Å². The van der Waals surface area contributed by atoms with Gasteiger partial charge in [-0.25, -0.2) is 0 Å². The Kier molecular flexibility index (Phi) is 2.39. The number of aliphatic hydroxyl groups excluding tert-OH is 1. The highest BCUT2D eigenvalue weighted by atomic mass is 16.5. The van der Waals surface area contributed by atoms with Crippen molar-refractivity contribution in [1.82, 2.24) is 0 Å². The predicted octanol–water partition coefficient (Wildman–Crippen LogP) is 0.607. The molecule has 0 spiro atoms. The fraction of sp³-hybridized carbons (Fsp3) is 0.900. The maximum absolute atomic E-state index is 10.7. The zero-order chi connectivity index (χ0) is 9.42. The second kappa shape index (κ2) is 3.39. The van der Waals surface area contributed by atoms with Crippen LogP contribution in [0, 0.1) is 17.8 Å². The predicted molar refractivity (Wildman–Crippen MR) is 47.2 cm³/mol. The molecule has 0 aromatic rings. The van der Waals surface area contributed by atoms with Gasteiger partial charge in [0.05, 0.1) is 12.2 Å². The first-order valence-electron chi connectivity index (χ1n) is 5.03. The van der Waals surface area contributed by atoms with Gasteiger partial charge in [0.15, 0.2) is 0 Å². The summed E-state index contributed by atoms with van der Waals surface area (Å²) < 4.78 is 5.48. The first-order chi connectivity index (χ1) is 6.27. The monoisotopic (exact) mass is 184 g/mol. The lowest BCUT2D eigenvalue weighted by Crippen LogP contribution is -2.39. The molecule has 2 saturated carbocycles. The third-order valence-corrected chi connectivity index (χ3v) is 3.47. The van der Waals surface area contributed by atoms with Crippen molar-refractivity contribution in [2.24, 2.45) is 17.8 Å². The standard InChI is InChI=1S/C10H16O3/c1-2-13-10-6-3-7(5-11)8(4-6)9(10)12/h5-10,12H,2-4H2,1H3. The van der Waals surface area contributed by atoms with E-state index in [-0.39, 0.29) is 17.9 Å². The molecule has 5 unspecified atom stereocenters. The van der Waals surface area contributed by atoms with Crippen LogP contribution in [-0.4, -0.2) is 30.2 Å². The summed E-state index contributed by atoms with van der Waals surface area (Å²) in [5.41, 5.74) is 0. The topological polar surface area (TPSA) is 46.5 Å². The molecule has 2 fully saturated rings. The van der Waals surface area contributed by atoms with Gasteiger partial charge in [-0.3, -0.25) is 0 Å². The summed E-state index contributed by atoms with van der Waals surface area (Å²) in [7, 11) is 0. The summed E-state index contributed by atoms with van der Waals surface area (Å²) in [6, 6.07) is 0. The highest BCUT2D eigenvalue weighted by molar-refractivity contribution is 5.55. The van der Waals surface area contributed by atoms with Crippen LogP contribution < -0.4 is 0 Å². The van der Waals surface area contributed by atoms with Gasteiger partial charge in [0.2, 0.25) is 0 Å². The Balaban J connectivity index is 2.04. The third-order valence-electron chi connectivity index (χ3n) is 3.47. The minimum atomic E-state index is -0.408. The van der Waals surface area contributed by atoms with Crippen molar-refractivity contribution in [2.75, 3.05) is 6.61 Å². The largest absolute Gasteiger partial charge is 0.390 e. The number of rotatable bonds is 3. The number of aliphatic hydroxyl groups is 1. The number of fused-ring (bicyclic) bond motifs is 2.